The van der Waals surface area contributed by atoms with Crippen molar-refractivity contribution in [2.24, 2.45) is 0 Å². The molecule has 10 heteroatoms. The maximum Gasteiger partial charge on any atom is 0.258 e. The van der Waals surface area contributed by atoms with E-state index in [2.05, 4.69) is 20.4 Å². The number of rotatable bonds is 3. The molecule has 2 aromatic carbocycles. The van der Waals surface area contributed by atoms with Crippen molar-refractivity contribution in [3.05, 3.63) is 63.8 Å². The minimum absolute atomic E-state index is 0.191. The van der Waals surface area contributed by atoms with Gasteiger partial charge in [0.2, 0.25) is 4.96 Å². The normalized spacial score (nSPS) is 11.4. The predicted molar refractivity (Wildman–Crippen MR) is 108 cm³/mol. The number of hydrogen-bond acceptors (Lipinski definition) is 6. The molecule has 0 unspecified atom stereocenters. The summed E-state index contributed by atoms with van der Waals surface area (Å²) in [5, 5.41) is 10.1. The second kappa shape index (κ2) is 6.59. The van der Waals surface area contributed by atoms with Gasteiger partial charge in [0, 0.05) is 21.5 Å². The van der Waals surface area contributed by atoms with Gasteiger partial charge in [-0.3, -0.25) is 10.1 Å². The average Bonchev–Trinajstić information content (AvgIpc) is 3.38. The summed E-state index contributed by atoms with van der Waals surface area (Å²) in [6.07, 6.45) is 1.33. The Kier molecular flexibility index (Phi) is 4.04. The lowest BCUT2D eigenvalue weighted by molar-refractivity contribution is 0.102. The highest BCUT2D eigenvalue weighted by Gasteiger charge is 2.16. The van der Waals surface area contributed by atoms with Crippen LogP contribution in [0.15, 0.2) is 52.6 Å². The zero-order valence-corrected chi connectivity index (χ0v) is 16.2. The molecule has 0 saturated heterocycles. The van der Waals surface area contributed by atoms with Gasteiger partial charge in [0.25, 0.3) is 11.9 Å². The Hall–Kier alpha value is -2.94. The number of carbonyl (C=O) groups excluding carboxylic acids is 1. The monoisotopic (exact) mass is 429 g/mol. The maximum atomic E-state index is 12.5. The van der Waals surface area contributed by atoms with Crippen molar-refractivity contribution in [2.45, 2.75) is 0 Å². The van der Waals surface area contributed by atoms with E-state index < -0.39 is 0 Å². The third kappa shape index (κ3) is 2.91. The quantitative estimate of drug-likeness (QED) is 0.428. The Labute approximate surface area is 171 Å². The molecule has 5 rings (SSSR count). The van der Waals surface area contributed by atoms with Crippen LogP contribution in [0, 0.1) is 0 Å². The van der Waals surface area contributed by atoms with Gasteiger partial charge >= 0.3 is 0 Å². The van der Waals surface area contributed by atoms with Gasteiger partial charge in [-0.15, -0.1) is 16.4 Å². The van der Waals surface area contributed by atoms with E-state index >= 15 is 0 Å². The van der Waals surface area contributed by atoms with E-state index in [0.29, 0.717) is 31.7 Å². The summed E-state index contributed by atoms with van der Waals surface area (Å²) < 4.78 is 6.81. The topological polar surface area (TPSA) is 85.3 Å². The van der Waals surface area contributed by atoms with Crippen LogP contribution in [0.5, 0.6) is 0 Å². The molecule has 138 valence electrons. The van der Waals surface area contributed by atoms with Gasteiger partial charge in [-0.2, -0.15) is 4.98 Å². The van der Waals surface area contributed by atoms with Gasteiger partial charge in [-0.1, -0.05) is 23.2 Å². The van der Waals surface area contributed by atoms with Crippen molar-refractivity contribution in [1.82, 2.24) is 19.6 Å². The molecule has 1 N–H and O–H groups in total. The number of nitrogens with one attached hydrogen (secondary N) is 1. The summed E-state index contributed by atoms with van der Waals surface area (Å²) in [5.74, 6) is -0.151. The first-order valence-corrected chi connectivity index (χ1v) is 9.66. The number of anilines is 1. The Morgan fingerprint density at radius 2 is 2.07 bits per heavy atom. The molecule has 0 aliphatic rings. The van der Waals surface area contributed by atoms with E-state index in [1.54, 1.807) is 40.9 Å². The van der Waals surface area contributed by atoms with Gasteiger partial charge in [0.15, 0.2) is 12.0 Å². The summed E-state index contributed by atoms with van der Waals surface area (Å²) in [5.41, 5.74) is 3.12. The molecule has 0 radical (unpaired) electrons. The minimum atomic E-state index is -0.342. The number of hydrogen-bond donors (Lipinski definition) is 1. The van der Waals surface area contributed by atoms with Gasteiger partial charge in [-0.25, -0.2) is 9.50 Å². The zero-order chi connectivity index (χ0) is 19.3. The fraction of sp³-hybridized carbons (Fsp3) is 0. The molecular formula is C18H9Cl2N5O2S. The average molecular weight is 430 g/mol. The van der Waals surface area contributed by atoms with E-state index in [9.17, 15) is 4.79 Å². The molecule has 0 aliphatic carbocycles. The van der Waals surface area contributed by atoms with Crippen LogP contribution in [-0.4, -0.2) is 25.5 Å². The Balaban J connectivity index is 1.48. The summed E-state index contributed by atoms with van der Waals surface area (Å²) in [7, 11) is 0. The second-order valence-corrected chi connectivity index (χ2v) is 7.54. The van der Waals surface area contributed by atoms with E-state index in [1.165, 1.54) is 17.7 Å². The Bertz CT molecular complexity index is 1360. The highest BCUT2D eigenvalue weighted by atomic mass is 35.5. The van der Waals surface area contributed by atoms with Crippen LogP contribution < -0.4 is 5.32 Å². The molecule has 3 heterocycles. The van der Waals surface area contributed by atoms with Gasteiger partial charge in [0.1, 0.15) is 5.52 Å². The van der Waals surface area contributed by atoms with Crippen LogP contribution in [0.4, 0.5) is 5.95 Å². The fourth-order valence-corrected chi connectivity index (χ4v) is 4.00. The van der Waals surface area contributed by atoms with Crippen LogP contribution in [-0.2, 0) is 0 Å². The molecule has 0 bridgehead atoms. The smallest absolute Gasteiger partial charge is 0.258 e. The standard InChI is InChI=1S/C18H9Cl2N5O2S/c19-10-2-3-12(20)11(6-10)14-7-28-18-23-17(24-25(14)18)22-16(26)9-1-4-15-13(5-9)21-8-27-15/h1-8H,(H,22,24,26). The highest BCUT2D eigenvalue weighted by Crippen LogP contribution is 2.33. The zero-order valence-electron chi connectivity index (χ0n) is 13.9. The van der Waals surface area contributed by atoms with E-state index in [1.807, 2.05) is 5.38 Å². The maximum absolute atomic E-state index is 12.5. The number of oxazole rings is 1. The largest absolute Gasteiger partial charge is 0.443 e. The lowest BCUT2D eigenvalue weighted by Crippen LogP contribution is -2.13. The molecule has 0 saturated carbocycles. The molecule has 28 heavy (non-hydrogen) atoms. The summed E-state index contributed by atoms with van der Waals surface area (Å²) >= 11 is 13.8. The molecule has 7 nitrogen and oxygen atoms in total. The third-order valence-electron chi connectivity index (χ3n) is 4.10. The van der Waals surface area contributed by atoms with Gasteiger partial charge < -0.3 is 4.42 Å². The number of nitrogens with zero attached hydrogens (tertiary/aromatic N) is 4. The summed E-state index contributed by atoms with van der Waals surface area (Å²) in [4.78, 5) is 21.6. The van der Waals surface area contributed by atoms with Crippen LogP contribution in [0.3, 0.4) is 0 Å². The molecule has 1 amide bonds. The lowest BCUT2D eigenvalue weighted by atomic mass is 10.2. The van der Waals surface area contributed by atoms with Crippen LogP contribution in [0.1, 0.15) is 10.4 Å². The molecule has 5 aromatic rings. The molecular weight excluding hydrogens is 421 g/mol. The number of benzene rings is 2. The van der Waals surface area contributed by atoms with E-state index in [-0.39, 0.29) is 11.9 Å². The van der Waals surface area contributed by atoms with Crippen LogP contribution in [0.2, 0.25) is 10.0 Å². The number of fused-ring (bicyclic) bond motifs is 2. The number of carbonyl (C=O) groups is 1. The first kappa shape index (κ1) is 17.2. The van der Waals surface area contributed by atoms with Crippen molar-refractivity contribution in [2.75, 3.05) is 5.32 Å². The van der Waals surface area contributed by atoms with Crippen molar-refractivity contribution in [3.63, 3.8) is 0 Å². The first-order valence-electron chi connectivity index (χ1n) is 8.03. The Morgan fingerprint density at radius 1 is 1.18 bits per heavy atom. The summed E-state index contributed by atoms with van der Waals surface area (Å²) in [6.45, 7) is 0. The van der Waals surface area contributed by atoms with Crippen LogP contribution in [0.25, 0.3) is 27.3 Å². The number of thiazole rings is 1. The molecule has 3 aromatic heterocycles. The minimum Gasteiger partial charge on any atom is -0.443 e. The van der Waals surface area contributed by atoms with Crippen molar-refractivity contribution >= 4 is 62.5 Å². The van der Waals surface area contributed by atoms with Gasteiger partial charge in [-0.05, 0) is 36.4 Å². The third-order valence-corrected chi connectivity index (χ3v) is 5.48. The lowest BCUT2D eigenvalue weighted by Gasteiger charge is -2.03. The van der Waals surface area contributed by atoms with Crippen LogP contribution >= 0.6 is 34.5 Å². The molecule has 0 atom stereocenters. The predicted octanol–water partition coefficient (Wildman–Crippen LogP) is 5.16. The molecule has 0 fully saturated rings. The highest BCUT2D eigenvalue weighted by molar-refractivity contribution is 7.15. The fourth-order valence-electron chi connectivity index (χ4n) is 2.79. The Morgan fingerprint density at radius 3 is 2.96 bits per heavy atom. The van der Waals surface area contributed by atoms with Crippen molar-refractivity contribution in [3.8, 4) is 11.3 Å². The van der Waals surface area contributed by atoms with E-state index in [4.69, 9.17) is 27.6 Å². The second-order valence-electron chi connectivity index (χ2n) is 5.86. The van der Waals surface area contributed by atoms with Crippen molar-refractivity contribution in [1.29, 1.82) is 0 Å². The number of halogens is 2. The van der Waals surface area contributed by atoms with Crippen molar-refractivity contribution < 1.29 is 9.21 Å². The SMILES string of the molecule is O=C(Nc1nc2scc(-c3cc(Cl)ccc3Cl)n2n1)c1ccc2ocnc2c1. The number of amides is 1. The number of aromatic nitrogens is 4. The summed E-state index contributed by atoms with van der Waals surface area (Å²) in [6, 6.07) is 10.2. The molecule has 0 aliphatic heterocycles. The van der Waals surface area contributed by atoms with Gasteiger partial charge in [0.05, 0.1) is 10.7 Å². The van der Waals surface area contributed by atoms with E-state index in [0.717, 1.165) is 11.3 Å². The molecule has 0 spiro atoms. The first-order chi connectivity index (χ1) is 13.6.